The zero-order valence-corrected chi connectivity index (χ0v) is 8.87. The highest BCUT2D eigenvalue weighted by Crippen LogP contribution is 2.09. The highest BCUT2D eigenvalue weighted by atomic mass is 16.5. The molecule has 0 saturated carbocycles. The number of rotatable bonds is 3. The number of aromatic nitrogens is 1. The molecule has 1 aliphatic heterocycles. The Balaban J connectivity index is 1.93. The summed E-state index contributed by atoms with van der Waals surface area (Å²) in [6.45, 7) is 2.39. The molecular formula is C11H14N2O3. The number of carboxylic acid groups (broad SMARTS) is 1. The Morgan fingerprint density at radius 1 is 1.69 bits per heavy atom. The molecule has 0 aromatic carbocycles. The van der Waals surface area contributed by atoms with Gasteiger partial charge < -0.3 is 9.84 Å². The summed E-state index contributed by atoms with van der Waals surface area (Å²) in [5.74, 6) is -0.893. The molecule has 1 unspecified atom stereocenters. The number of morpholine rings is 1. The molecule has 5 heteroatoms. The van der Waals surface area contributed by atoms with E-state index in [-0.39, 0.29) is 0 Å². The normalized spacial score (nSPS) is 21.9. The molecule has 0 radical (unpaired) electrons. The fraction of sp³-hybridized carbons (Fsp3) is 0.455. The zero-order valence-electron chi connectivity index (χ0n) is 8.87. The van der Waals surface area contributed by atoms with E-state index in [1.165, 1.54) is 0 Å². The van der Waals surface area contributed by atoms with Crippen LogP contribution in [0.1, 0.15) is 5.56 Å². The Bertz CT molecular complexity index is 356. The molecule has 1 aromatic heterocycles. The molecule has 0 aliphatic carbocycles. The molecule has 1 aromatic rings. The molecule has 2 rings (SSSR count). The Labute approximate surface area is 93.7 Å². The van der Waals surface area contributed by atoms with Crippen LogP contribution in [0.4, 0.5) is 0 Å². The maximum absolute atomic E-state index is 10.8. The van der Waals surface area contributed by atoms with Gasteiger partial charge >= 0.3 is 5.97 Å². The molecule has 0 bridgehead atoms. The summed E-state index contributed by atoms with van der Waals surface area (Å²) in [5, 5.41) is 8.86. The van der Waals surface area contributed by atoms with Gasteiger partial charge in [0.1, 0.15) is 0 Å². The summed E-state index contributed by atoms with van der Waals surface area (Å²) in [6, 6.07) is 3.86. The van der Waals surface area contributed by atoms with E-state index in [9.17, 15) is 4.79 Å². The third kappa shape index (κ3) is 2.77. The first kappa shape index (κ1) is 11.0. The summed E-state index contributed by atoms with van der Waals surface area (Å²) < 4.78 is 5.15. The van der Waals surface area contributed by atoms with Gasteiger partial charge in [-0.25, -0.2) is 4.79 Å². The quantitative estimate of drug-likeness (QED) is 0.800. The van der Waals surface area contributed by atoms with Crippen molar-refractivity contribution in [2.75, 3.05) is 19.7 Å². The predicted octanol–water partition coefficient (Wildman–Crippen LogP) is 0.367. The Morgan fingerprint density at radius 2 is 2.56 bits per heavy atom. The summed E-state index contributed by atoms with van der Waals surface area (Å²) in [5.41, 5.74) is 1.09. The lowest BCUT2D eigenvalue weighted by atomic mass is 10.2. The van der Waals surface area contributed by atoms with Crippen LogP contribution < -0.4 is 0 Å². The molecule has 1 saturated heterocycles. The van der Waals surface area contributed by atoms with Gasteiger partial charge in [-0.2, -0.15) is 0 Å². The number of hydrogen-bond donors (Lipinski definition) is 1. The minimum Gasteiger partial charge on any atom is -0.479 e. The molecule has 5 nitrogen and oxygen atoms in total. The van der Waals surface area contributed by atoms with Crippen LogP contribution in [0.2, 0.25) is 0 Å². The average Bonchev–Trinajstić information content (AvgIpc) is 2.30. The van der Waals surface area contributed by atoms with Crippen LogP contribution in [0.3, 0.4) is 0 Å². The van der Waals surface area contributed by atoms with Crippen molar-refractivity contribution in [3.63, 3.8) is 0 Å². The minimum atomic E-state index is -0.893. The molecule has 2 heterocycles. The first-order valence-electron chi connectivity index (χ1n) is 5.21. The number of nitrogens with zero attached hydrogens (tertiary/aromatic N) is 2. The van der Waals surface area contributed by atoms with Crippen molar-refractivity contribution in [3.05, 3.63) is 30.1 Å². The van der Waals surface area contributed by atoms with Gasteiger partial charge in [0, 0.05) is 32.0 Å². The lowest BCUT2D eigenvalue weighted by Gasteiger charge is -2.30. The molecule has 16 heavy (non-hydrogen) atoms. The van der Waals surface area contributed by atoms with E-state index >= 15 is 0 Å². The van der Waals surface area contributed by atoms with Crippen molar-refractivity contribution in [2.45, 2.75) is 12.6 Å². The van der Waals surface area contributed by atoms with Crippen molar-refractivity contribution in [1.29, 1.82) is 0 Å². The van der Waals surface area contributed by atoms with Crippen LogP contribution in [-0.2, 0) is 16.1 Å². The van der Waals surface area contributed by atoms with Crippen molar-refractivity contribution in [3.8, 4) is 0 Å². The topological polar surface area (TPSA) is 62.7 Å². The SMILES string of the molecule is O=C(O)C1CN(Cc2cccnc2)CCO1. The third-order valence-corrected chi connectivity index (χ3v) is 2.55. The van der Waals surface area contributed by atoms with Gasteiger partial charge in [0.2, 0.25) is 0 Å². The van der Waals surface area contributed by atoms with E-state index in [1.54, 1.807) is 12.4 Å². The van der Waals surface area contributed by atoms with Gasteiger partial charge in [0.05, 0.1) is 6.61 Å². The molecule has 1 aliphatic rings. The second-order valence-corrected chi connectivity index (χ2v) is 3.79. The predicted molar refractivity (Wildman–Crippen MR) is 56.9 cm³/mol. The van der Waals surface area contributed by atoms with Gasteiger partial charge in [-0.1, -0.05) is 6.07 Å². The Hall–Kier alpha value is -1.46. The van der Waals surface area contributed by atoms with E-state index in [0.29, 0.717) is 13.2 Å². The number of aliphatic carboxylic acids is 1. The molecule has 86 valence electrons. The van der Waals surface area contributed by atoms with E-state index in [2.05, 4.69) is 9.88 Å². The summed E-state index contributed by atoms with van der Waals surface area (Å²) in [7, 11) is 0. The van der Waals surface area contributed by atoms with Crippen LogP contribution >= 0.6 is 0 Å². The lowest BCUT2D eigenvalue weighted by Crippen LogP contribution is -2.45. The van der Waals surface area contributed by atoms with E-state index in [1.807, 2.05) is 12.1 Å². The first-order valence-corrected chi connectivity index (χ1v) is 5.21. The standard InChI is InChI=1S/C11H14N2O3/c14-11(15)10-8-13(4-5-16-10)7-9-2-1-3-12-6-9/h1-3,6,10H,4-5,7-8H2,(H,14,15). The molecule has 1 atom stereocenters. The summed E-state index contributed by atoms with van der Waals surface area (Å²) in [6.07, 6.45) is 2.82. The number of carboxylic acids is 1. The van der Waals surface area contributed by atoms with E-state index < -0.39 is 12.1 Å². The van der Waals surface area contributed by atoms with Gasteiger partial charge in [-0.3, -0.25) is 9.88 Å². The molecular weight excluding hydrogens is 208 g/mol. The molecule has 0 spiro atoms. The van der Waals surface area contributed by atoms with Gasteiger partial charge in [0.15, 0.2) is 6.10 Å². The summed E-state index contributed by atoms with van der Waals surface area (Å²) in [4.78, 5) is 16.9. The van der Waals surface area contributed by atoms with Gasteiger partial charge in [-0.05, 0) is 11.6 Å². The fourth-order valence-electron chi connectivity index (χ4n) is 1.75. The molecule has 0 amide bonds. The van der Waals surface area contributed by atoms with Gasteiger partial charge in [-0.15, -0.1) is 0 Å². The number of ether oxygens (including phenoxy) is 1. The van der Waals surface area contributed by atoms with E-state index in [4.69, 9.17) is 9.84 Å². The molecule has 1 N–H and O–H groups in total. The van der Waals surface area contributed by atoms with Crippen LogP contribution in [0.5, 0.6) is 0 Å². The monoisotopic (exact) mass is 222 g/mol. The Kier molecular flexibility index (Phi) is 3.48. The summed E-state index contributed by atoms with van der Waals surface area (Å²) >= 11 is 0. The highest BCUT2D eigenvalue weighted by molar-refractivity contribution is 5.72. The first-order chi connectivity index (χ1) is 7.75. The molecule has 1 fully saturated rings. The maximum Gasteiger partial charge on any atom is 0.334 e. The van der Waals surface area contributed by atoms with Crippen molar-refractivity contribution < 1.29 is 14.6 Å². The smallest absolute Gasteiger partial charge is 0.334 e. The maximum atomic E-state index is 10.8. The van der Waals surface area contributed by atoms with Crippen molar-refractivity contribution in [1.82, 2.24) is 9.88 Å². The number of hydrogen-bond acceptors (Lipinski definition) is 4. The average molecular weight is 222 g/mol. The van der Waals surface area contributed by atoms with Crippen LogP contribution in [0, 0.1) is 0 Å². The zero-order chi connectivity index (χ0) is 11.4. The second-order valence-electron chi connectivity index (χ2n) is 3.79. The van der Waals surface area contributed by atoms with Crippen LogP contribution in [-0.4, -0.2) is 46.8 Å². The second kappa shape index (κ2) is 5.05. The Morgan fingerprint density at radius 3 is 3.25 bits per heavy atom. The van der Waals surface area contributed by atoms with Gasteiger partial charge in [0.25, 0.3) is 0 Å². The van der Waals surface area contributed by atoms with E-state index in [0.717, 1.165) is 18.7 Å². The van der Waals surface area contributed by atoms with Crippen LogP contribution in [0.15, 0.2) is 24.5 Å². The highest BCUT2D eigenvalue weighted by Gasteiger charge is 2.25. The third-order valence-electron chi connectivity index (χ3n) is 2.55. The number of carbonyl (C=O) groups is 1. The van der Waals surface area contributed by atoms with Crippen LogP contribution in [0.25, 0.3) is 0 Å². The largest absolute Gasteiger partial charge is 0.479 e. The minimum absolute atomic E-state index is 0.435. The van der Waals surface area contributed by atoms with Crippen molar-refractivity contribution >= 4 is 5.97 Å². The lowest BCUT2D eigenvalue weighted by molar-refractivity contribution is -0.156. The van der Waals surface area contributed by atoms with Crippen molar-refractivity contribution in [2.24, 2.45) is 0 Å². The fourth-order valence-corrected chi connectivity index (χ4v) is 1.75. The number of pyridine rings is 1.